The topological polar surface area (TPSA) is 69.8 Å². The molecule has 5 nitrogen and oxygen atoms in total. The van der Waals surface area contributed by atoms with Crippen molar-refractivity contribution < 1.29 is 4.79 Å². The molecule has 2 aromatic rings. The number of carbonyl (C=O) groups is 1. The van der Waals surface area contributed by atoms with Gasteiger partial charge in [0, 0.05) is 18.8 Å². The summed E-state index contributed by atoms with van der Waals surface area (Å²) in [4.78, 5) is 18.8. The Hall–Kier alpha value is -2.04. The highest BCUT2D eigenvalue weighted by Crippen LogP contribution is 2.22. The number of rotatable bonds is 0. The van der Waals surface area contributed by atoms with Crippen molar-refractivity contribution in [3.05, 3.63) is 24.0 Å². The van der Waals surface area contributed by atoms with E-state index in [-0.39, 0.29) is 5.91 Å². The molecule has 0 radical (unpaired) electrons. The Labute approximate surface area is 85.9 Å². The molecule has 1 aliphatic rings. The monoisotopic (exact) mass is 202 g/mol. The van der Waals surface area contributed by atoms with E-state index in [1.54, 1.807) is 12.4 Å². The van der Waals surface area contributed by atoms with Gasteiger partial charge in [0.1, 0.15) is 0 Å². The maximum absolute atomic E-state index is 11.7. The van der Waals surface area contributed by atoms with Crippen molar-refractivity contribution in [3.63, 3.8) is 0 Å². The third kappa shape index (κ3) is 1.24. The summed E-state index contributed by atoms with van der Waals surface area (Å²) in [6.45, 7) is 1.40. The first-order chi connectivity index (χ1) is 7.34. The number of amides is 1. The van der Waals surface area contributed by atoms with E-state index < -0.39 is 0 Å². The number of aromatic nitrogens is 2. The predicted molar refractivity (Wildman–Crippen MR) is 56.9 cm³/mol. The maximum Gasteiger partial charge on any atom is 0.253 e. The SMILES string of the molecule is O=C1NCCNc2cc3[nH]cnc3cc21. The van der Waals surface area contributed by atoms with Gasteiger partial charge in [0.15, 0.2) is 0 Å². The molecule has 3 N–H and O–H groups in total. The zero-order chi connectivity index (χ0) is 10.3. The third-order valence-electron chi connectivity index (χ3n) is 2.53. The summed E-state index contributed by atoms with van der Waals surface area (Å²) in [6, 6.07) is 3.72. The van der Waals surface area contributed by atoms with Crippen LogP contribution in [0.3, 0.4) is 0 Å². The molecular weight excluding hydrogens is 192 g/mol. The quantitative estimate of drug-likeness (QED) is 0.589. The molecule has 0 atom stereocenters. The molecule has 1 aromatic heterocycles. The van der Waals surface area contributed by atoms with Crippen molar-refractivity contribution in [3.8, 4) is 0 Å². The molecule has 0 fully saturated rings. The van der Waals surface area contributed by atoms with Crippen LogP contribution in [0.15, 0.2) is 18.5 Å². The second-order valence-electron chi connectivity index (χ2n) is 3.50. The number of aromatic amines is 1. The van der Waals surface area contributed by atoms with Gasteiger partial charge in [0.2, 0.25) is 0 Å². The predicted octanol–water partition coefficient (Wildman–Crippen LogP) is 0.718. The third-order valence-corrected chi connectivity index (χ3v) is 2.53. The summed E-state index contributed by atoms with van der Waals surface area (Å²) in [5, 5.41) is 6.02. The summed E-state index contributed by atoms with van der Waals surface area (Å²) >= 11 is 0. The molecule has 0 saturated heterocycles. The molecule has 15 heavy (non-hydrogen) atoms. The van der Waals surface area contributed by atoms with Crippen molar-refractivity contribution >= 4 is 22.6 Å². The Kier molecular flexibility index (Phi) is 1.65. The molecule has 3 rings (SSSR count). The van der Waals surface area contributed by atoms with Crippen LogP contribution in [-0.4, -0.2) is 29.0 Å². The Morgan fingerprint density at radius 2 is 2.07 bits per heavy atom. The van der Waals surface area contributed by atoms with Gasteiger partial charge in [0.25, 0.3) is 5.91 Å². The molecule has 0 spiro atoms. The number of hydrogen-bond donors (Lipinski definition) is 3. The summed E-state index contributed by atoms with van der Waals surface area (Å²) in [7, 11) is 0. The Morgan fingerprint density at radius 3 is 3.00 bits per heavy atom. The molecule has 0 aliphatic carbocycles. The van der Waals surface area contributed by atoms with Crippen LogP contribution in [0.1, 0.15) is 10.4 Å². The van der Waals surface area contributed by atoms with Gasteiger partial charge in [-0.1, -0.05) is 0 Å². The van der Waals surface area contributed by atoms with Crippen LogP contribution in [0, 0.1) is 0 Å². The summed E-state index contributed by atoms with van der Waals surface area (Å²) in [5.41, 5.74) is 3.28. The fraction of sp³-hybridized carbons (Fsp3) is 0.200. The number of fused-ring (bicyclic) bond motifs is 2. The van der Waals surface area contributed by atoms with E-state index in [1.165, 1.54) is 0 Å². The first-order valence-electron chi connectivity index (χ1n) is 4.84. The lowest BCUT2D eigenvalue weighted by molar-refractivity contribution is 0.0958. The number of nitrogens with one attached hydrogen (secondary N) is 3. The molecule has 1 aromatic carbocycles. The van der Waals surface area contributed by atoms with Gasteiger partial charge in [-0.15, -0.1) is 0 Å². The van der Waals surface area contributed by atoms with Crippen molar-refractivity contribution in [1.82, 2.24) is 15.3 Å². The number of benzene rings is 1. The van der Waals surface area contributed by atoms with E-state index in [4.69, 9.17) is 0 Å². The van der Waals surface area contributed by atoms with E-state index >= 15 is 0 Å². The molecule has 1 amide bonds. The second-order valence-corrected chi connectivity index (χ2v) is 3.50. The Morgan fingerprint density at radius 1 is 1.20 bits per heavy atom. The molecule has 2 heterocycles. The molecule has 0 unspecified atom stereocenters. The zero-order valence-corrected chi connectivity index (χ0v) is 8.00. The van der Waals surface area contributed by atoms with Gasteiger partial charge in [-0.2, -0.15) is 0 Å². The van der Waals surface area contributed by atoms with E-state index in [2.05, 4.69) is 20.6 Å². The molecule has 5 heteroatoms. The van der Waals surface area contributed by atoms with Gasteiger partial charge < -0.3 is 15.6 Å². The fourth-order valence-corrected chi connectivity index (χ4v) is 1.78. The highest BCUT2D eigenvalue weighted by Gasteiger charge is 2.15. The first kappa shape index (κ1) is 8.28. The number of nitrogens with zero attached hydrogens (tertiary/aromatic N) is 1. The van der Waals surface area contributed by atoms with Gasteiger partial charge in [0.05, 0.1) is 22.9 Å². The maximum atomic E-state index is 11.7. The second kappa shape index (κ2) is 2.98. The molecule has 76 valence electrons. The molecule has 0 bridgehead atoms. The Bertz CT molecular complexity index is 531. The number of imidazole rings is 1. The van der Waals surface area contributed by atoms with Crippen molar-refractivity contribution in [1.29, 1.82) is 0 Å². The van der Waals surface area contributed by atoms with Crippen LogP contribution < -0.4 is 10.6 Å². The summed E-state index contributed by atoms with van der Waals surface area (Å²) in [6.07, 6.45) is 1.63. The van der Waals surface area contributed by atoms with Gasteiger partial charge in [-0.05, 0) is 12.1 Å². The minimum atomic E-state index is -0.0418. The van der Waals surface area contributed by atoms with E-state index in [0.29, 0.717) is 12.1 Å². The average Bonchev–Trinajstić information content (AvgIpc) is 2.62. The van der Waals surface area contributed by atoms with E-state index in [1.807, 2.05) is 6.07 Å². The number of carbonyl (C=O) groups excluding carboxylic acids is 1. The van der Waals surface area contributed by atoms with Gasteiger partial charge >= 0.3 is 0 Å². The summed E-state index contributed by atoms with van der Waals surface area (Å²) < 4.78 is 0. The smallest absolute Gasteiger partial charge is 0.253 e. The largest absolute Gasteiger partial charge is 0.383 e. The minimum absolute atomic E-state index is 0.0418. The fourth-order valence-electron chi connectivity index (χ4n) is 1.78. The zero-order valence-electron chi connectivity index (χ0n) is 8.00. The standard InChI is InChI=1S/C10H10N4O/c15-10-6-3-8-9(14-5-13-8)4-7(6)11-1-2-12-10/h3-5,11H,1-2H2,(H,12,15)(H,13,14). The molecule has 1 aliphatic heterocycles. The van der Waals surface area contributed by atoms with E-state index in [9.17, 15) is 4.79 Å². The summed E-state index contributed by atoms with van der Waals surface area (Å²) in [5.74, 6) is -0.0418. The Balaban J connectivity index is 2.26. The van der Waals surface area contributed by atoms with Gasteiger partial charge in [-0.3, -0.25) is 4.79 Å². The van der Waals surface area contributed by atoms with Crippen LogP contribution in [0.25, 0.3) is 11.0 Å². The van der Waals surface area contributed by atoms with Crippen LogP contribution in [0.2, 0.25) is 0 Å². The van der Waals surface area contributed by atoms with Crippen LogP contribution in [0.5, 0.6) is 0 Å². The number of H-pyrrole nitrogens is 1. The normalized spacial score (nSPS) is 15.3. The van der Waals surface area contributed by atoms with Crippen molar-refractivity contribution in [2.45, 2.75) is 0 Å². The number of anilines is 1. The lowest BCUT2D eigenvalue weighted by Crippen LogP contribution is -2.24. The van der Waals surface area contributed by atoms with Crippen LogP contribution in [-0.2, 0) is 0 Å². The van der Waals surface area contributed by atoms with Crippen LogP contribution >= 0.6 is 0 Å². The highest BCUT2D eigenvalue weighted by molar-refractivity contribution is 6.03. The van der Waals surface area contributed by atoms with E-state index in [0.717, 1.165) is 23.3 Å². The molecular formula is C10H10N4O. The van der Waals surface area contributed by atoms with Crippen molar-refractivity contribution in [2.24, 2.45) is 0 Å². The first-order valence-corrected chi connectivity index (χ1v) is 4.84. The average molecular weight is 202 g/mol. The van der Waals surface area contributed by atoms with Gasteiger partial charge in [-0.25, -0.2) is 4.98 Å². The lowest BCUT2D eigenvalue weighted by Gasteiger charge is -2.04. The van der Waals surface area contributed by atoms with Crippen molar-refractivity contribution in [2.75, 3.05) is 18.4 Å². The minimum Gasteiger partial charge on any atom is -0.383 e. The number of hydrogen-bond acceptors (Lipinski definition) is 3. The highest BCUT2D eigenvalue weighted by atomic mass is 16.1. The van der Waals surface area contributed by atoms with Crippen LogP contribution in [0.4, 0.5) is 5.69 Å². The molecule has 0 saturated carbocycles. The lowest BCUT2D eigenvalue weighted by atomic mass is 10.1.